The highest BCUT2D eigenvalue weighted by molar-refractivity contribution is 7.88. The third-order valence-corrected chi connectivity index (χ3v) is 6.97. The summed E-state index contributed by atoms with van der Waals surface area (Å²) in [5.41, 5.74) is 11.8. The van der Waals surface area contributed by atoms with Gasteiger partial charge in [0.2, 0.25) is 27.7 Å². The van der Waals surface area contributed by atoms with Gasteiger partial charge in [-0.25, -0.2) is 13.2 Å². The Morgan fingerprint density at radius 2 is 1.62 bits per heavy atom. The van der Waals surface area contributed by atoms with Crippen molar-refractivity contribution in [2.75, 3.05) is 0 Å². The molecule has 40 heavy (non-hydrogen) atoms. The number of carboxylic acid groups (broad SMARTS) is 1. The lowest BCUT2D eigenvalue weighted by Gasteiger charge is -2.24. The lowest BCUT2D eigenvalue weighted by atomic mass is 10.1. The maximum absolute atomic E-state index is 13.0. The van der Waals surface area contributed by atoms with Crippen molar-refractivity contribution in [1.29, 1.82) is 5.41 Å². The molecule has 0 heterocycles. The summed E-state index contributed by atoms with van der Waals surface area (Å²) in [4.78, 5) is 48.4. The smallest absolute Gasteiger partial charge is 0.335 e. The minimum atomic E-state index is -4.27. The summed E-state index contributed by atoms with van der Waals surface area (Å²) < 4.78 is 27.6. The van der Waals surface area contributed by atoms with Crippen LogP contribution in [0.5, 0.6) is 0 Å². The van der Waals surface area contributed by atoms with Crippen LogP contribution in [0.25, 0.3) is 0 Å². The molecule has 2 aromatic carbocycles. The van der Waals surface area contributed by atoms with Crippen LogP contribution in [-0.4, -0.2) is 66.3 Å². The van der Waals surface area contributed by atoms with Gasteiger partial charge in [0.25, 0.3) is 0 Å². The van der Waals surface area contributed by atoms with Crippen molar-refractivity contribution in [3.63, 3.8) is 0 Å². The summed E-state index contributed by atoms with van der Waals surface area (Å²) in [5.74, 6) is -4.51. The number of aliphatic hydroxyl groups is 1. The summed E-state index contributed by atoms with van der Waals surface area (Å²) in [7, 11) is -4.27. The molecule has 0 radical (unpaired) electrons. The van der Waals surface area contributed by atoms with Gasteiger partial charge in [-0.05, 0) is 36.6 Å². The highest BCUT2D eigenvalue weighted by atomic mass is 32.2. The van der Waals surface area contributed by atoms with Crippen LogP contribution in [-0.2, 0) is 36.7 Å². The zero-order chi connectivity index (χ0) is 30.0. The molecule has 0 bridgehead atoms. The summed E-state index contributed by atoms with van der Waals surface area (Å²) in [6.45, 7) is 1.20. The predicted molar refractivity (Wildman–Crippen MR) is 144 cm³/mol. The van der Waals surface area contributed by atoms with Crippen molar-refractivity contribution < 1.29 is 37.8 Å². The fourth-order valence-electron chi connectivity index (χ4n) is 3.55. The van der Waals surface area contributed by atoms with Crippen LogP contribution in [0.1, 0.15) is 46.8 Å². The number of primary amides is 1. The third kappa shape index (κ3) is 10.1. The van der Waals surface area contributed by atoms with Gasteiger partial charge >= 0.3 is 5.97 Å². The van der Waals surface area contributed by atoms with Crippen LogP contribution in [0, 0.1) is 5.41 Å². The van der Waals surface area contributed by atoms with E-state index in [1.807, 2.05) is 0 Å². The number of benzene rings is 2. The van der Waals surface area contributed by atoms with Gasteiger partial charge in [-0.15, -0.1) is 0 Å². The number of carbonyl (C=O) groups is 4. The van der Waals surface area contributed by atoms with Crippen LogP contribution in [0.3, 0.4) is 0 Å². The molecule has 0 aliphatic carbocycles. The monoisotopic (exact) mass is 576 g/mol. The number of rotatable bonds is 15. The zero-order valence-corrected chi connectivity index (χ0v) is 22.4. The van der Waals surface area contributed by atoms with Gasteiger partial charge in [0.15, 0.2) is 0 Å². The first kappa shape index (κ1) is 31.9. The fourth-order valence-corrected chi connectivity index (χ4v) is 4.94. The van der Waals surface area contributed by atoms with Crippen molar-refractivity contribution in [3.8, 4) is 0 Å². The predicted octanol–water partition coefficient (Wildman–Crippen LogP) is -1.10. The van der Waals surface area contributed by atoms with Crippen molar-refractivity contribution >= 4 is 39.5 Å². The van der Waals surface area contributed by atoms with E-state index >= 15 is 0 Å². The Hall–Kier alpha value is -4.34. The van der Waals surface area contributed by atoms with Gasteiger partial charge < -0.3 is 32.3 Å². The molecule has 0 unspecified atom stereocenters. The number of carboxylic acids is 1. The molecule has 10 N–H and O–H groups in total. The molecule has 216 valence electrons. The minimum Gasteiger partial charge on any atom is -0.478 e. The molecule has 0 spiro atoms. The maximum Gasteiger partial charge on any atom is 0.335 e. The van der Waals surface area contributed by atoms with E-state index < -0.39 is 57.7 Å². The summed E-state index contributed by atoms with van der Waals surface area (Å²) in [6, 6.07) is 8.66. The van der Waals surface area contributed by atoms with Gasteiger partial charge in [0.05, 0.1) is 17.4 Å². The Morgan fingerprint density at radius 3 is 2.17 bits per heavy atom. The average molecular weight is 577 g/mol. The highest BCUT2D eigenvalue weighted by Gasteiger charge is 2.32. The van der Waals surface area contributed by atoms with Crippen LogP contribution < -0.4 is 26.8 Å². The van der Waals surface area contributed by atoms with E-state index in [0.717, 1.165) is 6.07 Å². The molecule has 0 aliphatic rings. The average Bonchev–Trinajstić information content (AvgIpc) is 2.88. The standard InChI is InChI=1S/C25H32N6O8S/c1-14(32)21(31-40(38,39)13-16-3-2-4-18(11-16)25(36)37)24(35)30-19(9-10-20(26)33)23(34)29-12-15-5-7-17(8-6-15)22(27)28/h2-8,11,14,19,21,31-32H,9-10,12-13H2,1H3,(H2,26,33)(H3,27,28)(H,29,34)(H,30,35)(H,36,37)/t14-,19+,21+/m1/s1. The van der Waals surface area contributed by atoms with Gasteiger partial charge in [-0.3, -0.25) is 19.8 Å². The summed E-state index contributed by atoms with van der Waals surface area (Å²) in [5, 5.41) is 31.6. The molecule has 2 rings (SSSR count). The fraction of sp³-hybridized carbons (Fsp3) is 0.320. The normalized spacial score (nSPS) is 13.4. The molecule has 0 aromatic heterocycles. The summed E-state index contributed by atoms with van der Waals surface area (Å²) >= 11 is 0. The van der Waals surface area contributed by atoms with Crippen LogP contribution in [0.2, 0.25) is 0 Å². The molecule has 15 heteroatoms. The zero-order valence-electron chi connectivity index (χ0n) is 21.6. The Kier molecular flexibility index (Phi) is 11.3. The number of carbonyl (C=O) groups excluding carboxylic acids is 3. The Balaban J connectivity index is 2.13. The third-order valence-electron chi connectivity index (χ3n) is 5.65. The number of amides is 3. The molecule has 0 saturated heterocycles. The first-order valence-electron chi connectivity index (χ1n) is 12.0. The van der Waals surface area contributed by atoms with E-state index in [9.17, 15) is 32.7 Å². The Morgan fingerprint density at radius 1 is 0.975 bits per heavy atom. The number of hydrogen-bond acceptors (Lipinski definition) is 8. The minimum absolute atomic E-state index is 0.0296. The molecular formula is C25H32N6O8S. The molecule has 0 saturated carbocycles. The molecule has 3 amide bonds. The molecule has 3 atom stereocenters. The van der Waals surface area contributed by atoms with Crippen molar-refractivity contribution in [3.05, 3.63) is 70.8 Å². The Labute approximate surface area is 230 Å². The SMILES string of the molecule is C[C@@H](O)[C@H](NS(=O)(=O)Cc1cccc(C(=O)O)c1)C(=O)N[C@@H](CCC(N)=O)C(=O)NCc1ccc(C(=N)N)cc1. The number of amidine groups is 1. The van der Waals surface area contributed by atoms with Gasteiger partial charge in [-0.2, -0.15) is 4.72 Å². The Bertz CT molecular complexity index is 1360. The number of nitrogens with two attached hydrogens (primary N) is 2. The van der Waals surface area contributed by atoms with Crippen LogP contribution in [0.15, 0.2) is 48.5 Å². The maximum atomic E-state index is 13.0. The van der Waals surface area contributed by atoms with Crippen LogP contribution >= 0.6 is 0 Å². The van der Waals surface area contributed by atoms with Gasteiger partial charge in [0, 0.05) is 18.5 Å². The van der Waals surface area contributed by atoms with Gasteiger partial charge in [0.1, 0.15) is 17.9 Å². The first-order valence-corrected chi connectivity index (χ1v) is 13.6. The lowest BCUT2D eigenvalue weighted by Crippen LogP contribution is -2.57. The first-order chi connectivity index (χ1) is 18.7. The number of nitrogen functional groups attached to an aromatic ring is 1. The number of hydrogen-bond donors (Lipinski definition) is 8. The molecular weight excluding hydrogens is 544 g/mol. The van der Waals surface area contributed by atoms with Crippen molar-refractivity contribution in [1.82, 2.24) is 15.4 Å². The second kappa shape index (κ2) is 14.2. The van der Waals surface area contributed by atoms with Gasteiger partial charge in [-0.1, -0.05) is 36.4 Å². The second-order valence-electron chi connectivity index (χ2n) is 9.00. The molecule has 0 fully saturated rings. The van der Waals surface area contributed by atoms with E-state index in [0.29, 0.717) is 11.1 Å². The van der Waals surface area contributed by atoms with E-state index in [-0.39, 0.29) is 36.3 Å². The number of aliphatic hydroxyl groups excluding tert-OH is 1. The topological polar surface area (TPSA) is 255 Å². The molecule has 14 nitrogen and oxygen atoms in total. The van der Waals surface area contributed by atoms with E-state index in [1.54, 1.807) is 24.3 Å². The van der Waals surface area contributed by atoms with E-state index in [2.05, 4.69) is 15.4 Å². The lowest BCUT2D eigenvalue weighted by molar-refractivity contribution is -0.131. The van der Waals surface area contributed by atoms with Crippen molar-refractivity contribution in [2.24, 2.45) is 11.5 Å². The second-order valence-corrected chi connectivity index (χ2v) is 10.7. The number of sulfonamides is 1. The van der Waals surface area contributed by atoms with E-state index in [1.165, 1.54) is 25.1 Å². The number of aromatic carboxylic acids is 1. The number of nitrogens with one attached hydrogen (secondary N) is 4. The van der Waals surface area contributed by atoms with Crippen molar-refractivity contribution in [2.45, 2.75) is 50.3 Å². The molecule has 2 aromatic rings. The summed E-state index contributed by atoms with van der Waals surface area (Å²) in [6.07, 6.45) is -1.99. The van der Waals surface area contributed by atoms with E-state index in [4.69, 9.17) is 22.0 Å². The van der Waals surface area contributed by atoms with Crippen LogP contribution in [0.4, 0.5) is 0 Å². The highest BCUT2D eigenvalue weighted by Crippen LogP contribution is 2.11. The molecule has 0 aliphatic heterocycles. The largest absolute Gasteiger partial charge is 0.478 e. The quantitative estimate of drug-likeness (QED) is 0.0944.